The van der Waals surface area contributed by atoms with Crippen LogP contribution in [0.1, 0.15) is 42.3 Å². The summed E-state index contributed by atoms with van der Waals surface area (Å²) in [6.45, 7) is 2.11. The maximum Gasteiger partial charge on any atom is 0.129 e. The quantitative estimate of drug-likeness (QED) is 0.916. The Morgan fingerprint density at radius 1 is 1.45 bits per heavy atom. The largest absolute Gasteiger partial charge is 0.485 e. The minimum atomic E-state index is -0.0117. The fourth-order valence-electron chi connectivity index (χ4n) is 2.76. The van der Waals surface area contributed by atoms with Crippen LogP contribution >= 0.6 is 15.9 Å². The molecule has 1 aliphatic rings. The maximum atomic E-state index is 6.31. The lowest BCUT2D eigenvalue weighted by atomic mass is 9.93. The van der Waals surface area contributed by atoms with Gasteiger partial charge < -0.3 is 10.5 Å². The van der Waals surface area contributed by atoms with Crippen molar-refractivity contribution in [2.24, 2.45) is 12.8 Å². The Bertz CT molecular complexity index is 638. The Balaban J connectivity index is 1.96. The molecule has 4 nitrogen and oxygen atoms in total. The van der Waals surface area contributed by atoms with Gasteiger partial charge in [-0.1, -0.05) is 22.9 Å². The molecule has 0 fully saturated rings. The summed E-state index contributed by atoms with van der Waals surface area (Å²) >= 11 is 3.48. The Morgan fingerprint density at radius 3 is 3.00 bits per heavy atom. The molecule has 1 aromatic carbocycles. The predicted molar refractivity (Wildman–Crippen MR) is 81.6 cm³/mol. The van der Waals surface area contributed by atoms with Crippen LogP contribution in [0.25, 0.3) is 0 Å². The van der Waals surface area contributed by atoms with Gasteiger partial charge in [0.1, 0.15) is 11.9 Å². The highest BCUT2D eigenvalue weighted by Crippen LogP contribution is 2.41. The lowest BCUT2D eigenvalue weighted by Gasteiger charge is -2.30. The molecule has 3 rings (SSSR count). The number of ether oxygens (including phenoxy) is 1. The number of nitrogens with zero attached hydrogens (tertiary/aromatic N) is 2. The summed E-state index contributed by atoms with van der Waals surface area (Å²) in [6.07, 6.45) is 3.71. The first-order valence-electron chi connectivity index (χ1n) is 6.82. The van der Waals surface area contributed by atoms with E-state index in [4.69, 9.17) is 10.5 Å². The fraction of sp³-hybridized carbons (Fsp3) is 0.400. The topological polar surface area (TPSA) is 53.1 Å². The van der Waals surface area contributed by atoms with Crippen molar-refractivity contribution in [2.75, 3.05) is 0 Å². The second-order valence-corrected chi connectivity index (χ2v) is 6.10. The summed E-state index contributed by atoms with van der Waals surface area (Å²) in [5.41, 5.74) is 9.62. The van der Waals surface area contributed by atoms with Gasteiger partial charge in [0.25, 0.3) is 0 Å². The van der Waals surface area contributed by atoms with Gasteiger partial charge >= 0.3 is 0 Å². The average molecular weight is 336 g/mol. The van der Waals surface area contributed by atoms with Crippen LogP contribution in [0.3, 0.4) is 0 Å². The van der Waals surface area contributed by atoms with Crippen molar-refractivity contribution < 1.29 is 4.74 Å². The summed E-state index contributed by atoms with van der Waals surface area (Å²) in [7, 11) is 1.94. The summed E-state index contributed by atoms with van der Waals surface area (Å²) in [5.74, 6) is 0.878. The van der Waals surface area contributed by atoms with Crippen LogP contribution in [0, 0.1) is 0 Å². The Hall–Kier alpha value is -1.33. The monoisotopic (exact) mass is 335 g/mol. The number of halogens is 1. The van der Waals surface area contributed by atoms with Gasteiger partial charge in [-0.3, -0.25) is 4.68 Å². The van der Waals surface area contributed by atoms with Gasteiger partial charge in [-0.05, 0) is 24.6 Å². The molecular formula is C15H18BrN3O. The number of nitrogens with two attached hydrogens (primary N) is 1. The summed E-state index contributed by atoms with van der Waals surface area (Å²) in [5, 5.41) is 4.49. The van der Waals surface area contributed by atoms with Gasteiger partial charge in [0, 0.05) is 41.3 Å². The molecular weight excluding hydrogens is 318 g/mol. The number of hydrogen-bond donors (Lipinski definition) is 1. The van der Waals surface area contributed by atoms with E-state index >= 15 is 0 Å². The van der Waals surface area contributed by atoms with Gasteiger partial charge in [-0.15, -0.1) is 0 Å². The highest BCUT2D eigenvalue weighted by atomic mass is 79.9. The predicted octanol–water partition coefficient (Wildman–Crippen LogP) is 3.27. The number of fused-ring (bicyclic) bond motifs is 1. The molecule has 0 saturated heterocycles. The summed E-state index contributed by atoms with van der Waals surface area (Å²) in [6, 6.07) is 6.00. The van der Waals surface area contributed by atoms with Crippen LogP contribution in [-0.2, 0) is 13.5 Å². The highest BCUT2D eigenvalue weighted by molar-refractivity contribution is 9.10. The molecule has 0 saturated carbocycles. The first-order chi connectivity index (χ1) is 9.58. The van der Waals surface area contributed by atoms with Crippen molar-refractivity contribution >= 4 is 15.9 Å². The standard InChI is InChI=1S/C15H18BrN3O/c1-3-13-11(8-19(2)18-13)15-7-12(17)10-6-9(16)4-5-14(10)20-15/h4-6,8,12,15H,3,7,17H2,1-2H3/t12-,15?/m0/s1. The molecule has 0 aliphatic carbocycles. The van der Waals surface area contributed by atoms with Crippen LogP contribution in [0.4, 0.5) is 0 Å². The second-order valence-electron chi connectivity index (χ2n) is 5.19. The Kier molecular flexibility index (Phi) is 3.56. The van der Waals surface area contributed by atoms with Gasteiger partial charge in [0.05, 0.1) is 5.69 Å². The molecule has 0 spiro atoms. The molecule has 20 heavy (non-hydrogen) atoms. The first kappa shape index (κ1) is 13.6. The third kappa shape index (κ3) is 2.36. The second kappa shape index (κ2) is 5.22. The lowest BCUT2D eigenvalue weighted by molar-refractivity contribution is 0.160. The molecule has 1 aromatic heterocycles. The SMILES string of the molecule is CCc1nn(C)cc1C1C[C@H](N)c2cc(Br)ccc2O1. The van der Waals surface area contributed by atoms with E-state index in [0.29, 0.717) is 0 Å². The van der Waals surface area contributed by atoms with E-state index in [2.05, 4.69) is 28.0 Å². The summed E-state index contributed by atoms with van der Waals surface area (Å²) in [4.78, 5) is 0. The molecule has 1 aliphatic heterocycles. The first-order valence-corrected chi connectivity index (χ1v) is 7.62. The van der Waals surface area contributed by atoms with Crippen molar-refractivity contribution in [3.05, 3.63) is 45.7 Å². The van der Waals surface area contributed by atoms with Crippen molar-refractivity contribution in [1.29, 1.82) is 0 Å². The number of aromatic nitrogens is 2. The van der Waals surface area contributed by atoms with E-state index in [-0.39, 0.29) is 12.1 Å². The van der Waals surface area contributed by atoms with Gasteiger partial charge in [0.2, 0.25) is 0 Å². The smallest absolute Gasteiger partial charge is 0.129 e. The van der Waals surface area contributed by atoms with Gasteiger partial charge in [-0.2, -0.15) is 5.10 Å². The molecule has 0 bridgehead atoms. The van der Waals surface area contributed by atoms with Crippen LogP contribution in [0.2, 0.25) is 0 Å². The van der Waals surface area contributed by atoms with Gasteiger partial charge in [0.15, 0.2) is 0 Å². The summed E-state index contributed by atoms with van der Waals surface area (Å²) < 4.78 is 9.02. The van der Waals surface area contributed by atoms with Crippen molar-refractivity contribution in [2.45, 2.75) is 31.9 Å². The number of aryl methyl sites for hydroxylation is 2. The molecule has 106 valence electrons. The number of benzene rings is 1. The van der Waals surface area contributed by atoms with Crippen LogP contribution in [0.5, 0.6) is 5.75 Å². The molecule has 1 unspecified atom stereocenters. The lowest BCUT2D eigenvalue weighted by Crippen LogP contribution is -2.24. The molecule has 2 heterocycles. The molecule has 0 radical (unpaired) electrons. The molecule has 5 heteroatoms. The molecule has 2 N–H and O–H groups in total. The van der Waals surface area contributed by atoms with E-state index in [1.807, 2.05) is 36.1 Å². The minimum Gasteiger partial charge on any atom is -0.485 e. The molecule has 2 atom stereocenters. The highest BCUT2D eigenvalue weighted by Gasteiger charge is 2.29. The number of hydrogen-bond acceptors (Lipinski definition) is 3. The van der Waals surface area contributed by atoms with Crippen molar-refractivity contribution in [3.63, 3.8) is 0 Å². The third-order valence-electron chi connectivity index (χ3n) is 3.73. The fourth-order valence-corrected chi connectivity index (χ4v) is 3.14. The minimum absolute atomic E-state index is 0.00818. The van der Waals surface area contributed by atoms with Crippen LogP contribution in [0.15, 0.2) is 28.9 Å². The number of rotatable bonds is 2. The zero-order valence-corrected chi connectivity index (χ0v) is 13.2. The molecule has 2 aromatic rings. The third-order valence-corrected chi connectivity index (χ3v) is 4.22. The van der Waals surface area contributed by atoms with Crippen LogP contribution in [-0.4, -0.2) is 9.78 Å². The van der Waals surface area contributed by atoms with Crippen LogP contribution < -0.4 is 10.5 Å². The van der Waals surface area contributed by atoms with E-state index in [1.54, 1.807) is 0 Å². The van der Waals surface area contributed by atoms with E-state index in [0.717, 1.165) is 39.9 Å². The normalized spacial score (nSPS) is 21.4. The van der Waals surface area contributed by atoms with Gasteiger partial charge in [-0.25, -0.2) is 0 Å². The zero-order chi connectivity index (χ0) is 14.3. The molecule has 0 amide bonds. The van der Waals surface area contributed by atoms with E-state index < -0.39 is 0 Å². The van der Waals surface area contributed by atoms with E-state index in [1.165, 1.54) is 0 Å². The van der Waals surface area contributed by atoms with E-state index in [9.17, 15) is 0 Å². The Labute approximate surface area is 127 Å². The maximum absolute atomic E-state index is 6.31. The van der Waals surface area contributed by atoms with Crippen molar-refractivity contribution in [1.82, 2.24) is 9.78 Å². The van der Waals surface area contributed by atoms with Crippen molar-refractivity contribution in [3.8, 4) is 5.75 Å². The zero-order valence-electron chi connectivity index (χ0n) is 11.6. The Morgan fingerprint density at radius 2 is 2.25 bits per heavy atom. The average Bonchev–Trinajstić information content (AvgIpc) is 2.80.